The first kappa shape index (κ1) is 20.2. The Bertz CT molecular complexity index is 455. The van der Waals surface area contributed by atoms with Crippen LogP contribution in [0.4, 0.5) is 0 Å². The first-order chi connectivity index (χ1) is 10.8. The van der Waals surface area contributed by atoms with E-state index in [-0.39, 0.29) is 0 Å². The fourth-order valence-corrected chi connectivity index (χ4v) is 3.58. The maximum absolute atomic E-state index is 11.5. The number of nitrogens with zero attached hydrogens (tertiary/aromatic N) is 2. The van der Waals surface area contributed by atoms with E-state index < -0.39 is 10.0 Å². The molecule has 1 rings (SSSR count). The average Bonchev–Trinajstić information content (AvgIpc) is 2.48. The molecule has 0 unspecified atom stereocenters. The zero-order valence-corrected chi connectivity index (χ0v) is 16.0. The quantitative estimate of drug-likeness (QED) is 0.398. The van der Waals surface area contributed by atoms with Crippen LogP contribution in [0.5, 0.6) is 0 Å². The third-order valence-electron chi connectivity index (χ3n) is 4.15. The van der Waals surface area contributed by atoms with Gasteiger partial charge in [-0.3, -0.25) is 4.99 Å². The van der Waals surface area contributed by atoms with Crippen LogP contribution in [-0.4, -0.2) is 57.7 Å². The zero-order chi connectivity index (χ0) is 17.3. The summed E-state index contributed by atoms with van der Waals surface area (Å²) in [6.07, 6.45) is 5.44. The maximum Gasteiger partial charge on any atom is 0.211 e. The molecule has 0 saturated carbocycles. The monoisotopic (exact) mass is 346 g/mol. The van der Waals surface area contributed by atoms with Crippen LogP contribution in [-0.2, 0) is 10.0 Å². The van der Waals surface area contributed by atoms with Crippen LogP contribution in [0.15, 0.2) is 4.99 Å². The van der Waals surface area contributed by atoms with Crippen molar-refractivity contribution in [3.63, 3.8) is 0 Å². The normalized spacial score (nSPS) is 18.4. The van der Waals surface area contributed by atoms with E-state index in [0.29, 0.717) is 19.0 Å². The summed E-state index contributed by atoms with van der Waals surface area (Å²) in [6, 6.07) is 0. The topological polar surface area (TPSA) is 73.8 Å². The largest absolute Gasteiger partial charge is 0.357 e. The predicted molar refractivity (Wildman–Crippen MR) is 97.2 cm³/mol. The van der Waals surface area contributed by atoms with Gasteiger partial charge < -0.3 is 10.6 Å². The summed E-state index contributed by atoms with van der Waals surface area (Å²) in [6.45, 7) is 10.3. The highest BCUT2D eigenvalue weighted by Crippen LogP contribution is 2.19. The zero-order valence-electron chi connectivity index (χ0n) is 15.1. The molecule has 1 aliphatic heterocycles. The second kappa shape index (κ2) is 10.1. The molecule has 0 bridgehead atoms. The molecule has 0 amide bonds. The van der Waals surface area contributed by atoms with E-state index in [1.807, 2.05) is 0 Å². The standard InChI is InChI=1S/C16H34N4O2S/c1-5-17-16(18-10-6-7-14(2)3)19-13-15-8-11-20(12-9-15)23(4,21)22/h14-15H,5-13H2,1-4H3,(H2,17,18,19). The Morgan fingerprint density at radius 1 is 1.26 bits per heavy atom. The molecule has 0 aromatic rings. The molecule has 1 heterocycles. The van der Waals surface area contributed by atoms with Crippen LogP contribution in [0.1, 0.15) is 46.5 Å². The van der Waals surface area contributed by atoms with Gasteiger partial charge in [-0.25, -0.2) is 12.7 Å². The number of hydrogen-bond acceptors (Lipinski definition) is 3. The molecule has 1 saturated heterocycles. The molecule has 1 fully saturated rings. The summed E-state index contributed by atoms with van der Waals surface area (Å²) in [4.78, 5) is 4.67. The van der Waals surface area contributed by atoms with Crippen molar-refractivity contribution in [2.24, 2.45) is 16.8 Å². The van der Waals surface area contributed by atoms with E-state index in [0.717, 1.165) is 50.8 Å². The van der Waals surface area contributed by atoms with Crippen molar-refractivity contribution < 1.29 is 8.42 Å². The van der Waals surface area contributed by atoms with E-state index in [4.69, 9.17) is 0 Å². The summed E-state index contributed by atoms with van der Waals surface area (Å²) in [5.41, 5.74) is 0. The van der Waals surface area contributed by atoms with Crippen molar-refractivity contribution in [3.05, 3.63) is 0 Å². The summed E-state index contributed by atoms with van der Waals surface area (Å²) in [5.74, 6) is 2.08. The molecule has 7 heteroatoms. The maximum atomic E-state index is 11.5. The SMILES string of the molecule is CCNC(=NCC1CCN(S(C)(=O)=O)CC1)NCCCC(C)C. The van der Waals surface area contributed by atoms with E-state index in [2.05, 4.69) is 36.4 Å². The first-order valence-electron chi connectivity index (χ1n) is 8.80. The van der Waals surface area contributed by atoms with Crippen LogP contribution < -0.4 is 10.6 Å². The van der Waals surface area contributed by atoms with Crippen molar-refractivity contribution in [2.45, 2.75) is 46.5 Å². The van der Waals surface area contributed by atoms with Crippen LogP contribution >= 0.6 is 0 Å². The number of hydrogen-bond donors (Lipinski definition) is 2. The smallest absolute Gasteiger partial charge is 0.211 e. The summed E-state index contributed by atoms with van der Waals surface area (Å²) in [7, 11) is -3.04. The van der Waals surface area contributed by atoms with Crippen molar-refractivity contribution in [2.75, 3.05) is 39.0 Å². The molecule has 0 aromatic carbocycles. The lowest BCUT2D eigenvalue weighted by Gasteiger charge is -2.29. The fraction of sp³-hybridized carbons (Fsp3) is 0.938. The van der Waals surface area contributed by atoms with Gasteiger partial charge in [0.05, 0.1) is 6.26 Å². The van der Waals surface area contributed by atoms with E-state index in [1.165, 1.54) is 12.7 Å². The van der Waals surface area contributed by atoms with Crippen LogP contribution in [0.2, 0.25) is 0 Å². The van der Waals surface area contributed by atoms with Gasteiger partial charge in [-0.2, -0.15) is 0 Å². The highest BCUT2D eigenvalue weighted by atomic mass is 32.2. The molecule has 136 valence electrons. The Labute approximate surface area is 142 Å². The van der Waals surface area contributed by atoms with Gasteiger partial charge in [0.25, 0.3) is 0 Å². The molecule has 6 nitrogen and oxygen atoms in total. The molecule has 23 heavy (non-hydrogen) atoms. The highest BCUT2D eigenvalue weighted by Gasteiger charge is 2.24. The van der Waals surface area contributed by atoms with Gasteiger partial charge in [0.2, 0.25) is 10.0 Å². The van der Waals surface area contributed by atoms with Gasteiger partial charge in [-0.15, -0.1) is 0 Å². The van der Waals surface area contributed by atoms with Gasteiger partial charge >= 0.3 is 0 Å². The van der Waals surface area contributed by atoms with Crippen LogP contribution in [0.3, 0.4) is 0 Å². The van der Waals surface area contributed by atoms with Gasteiger partial charge in [0.15, 0.2) is 5.96 Å². The first-order valence-corrected chi connectivity index (χ1v) is 10.6. The lowest BCUT2D eigenvalue weighted by Crippen LogP contribution is -2.40. The predicted octanol–water partition coefficient (Wildman–Crippen LogP) is 1.65. The number of nitrogens with one attached hydrogen (secondary N) is 2. The van der Waals surface area contributed by atoms with E-state index in [9.17, 15) is 8.42 Å². The second-order valence-electron chi connectivity index (χ2n) is 6.79. The molecular formula is C16H34N4O2S. The van der Waals surface area contributed by atoms with E-state index in [1.54, 1.807) is 4.31 Å². The molecule has 0 spiro atoms. The lowest BCUT2D eigenvalue weighted by molar-refractivity contribution is 0.280. The van der Waals surface area contributed by atoms with Crippen LogP contribution in [0.25, 0.3) is 0 Å². The minimum atomic E-state index is -3.04. The molecule has 0 aliphatic carbocycles. The number of aliphatic imine (C=N–C) groups is 1. The number of piperidine rings is 1. The van der Waals surface area contributed by atoms with E-state index >= 15 is 0 Å². The molecular weight excluding hydrogens is 312 g/mol. The molecule has 2 N–H and O–H groups in total. The molecule has 0 radical (unpaired) electrons. The molecule has 1 aliphatic rings. The number of guanidine groups is 1. The van der Waals surface area contributed by atoms with Crippen LogP contribution in [0, 0.1) is 11.8 Å². The van der Waals surface area contributed by atoms with Gasteiger partial charge in [-0.1, -0.05) is 13.8 Å². The molecule has 0 aromatic heterocycles. The fourth-order valence-electron chi connectivity index (χ4n) is 2.70. The van der Waals surface area contributed by atoms with Crippen molar-refractivity contribution in [3.8, 4) is 0 Å². The Kier molecular flexibility index (Phi) is 8.91. The average molecular weight is 347 g/mol. The summed E-state index contributed by atoms with van der Waals surface area (Å²) >= 11 is 0. The highest BCUT2D eigenvalue weighted by molar-refractivity contribution is 7.88. The third kappa shape index (κ3) is 8.55. The van der Waals surface area contributed by atoms with Gasteiger partial charge in [-0.05, 0) is 44.4 Å². The number of rotatable bonds is 8. The van der Waals surface area contributed by atoms with Crippen molar-refractivity contribution in [1.82, 2.24) is 14.9 Å². The number of sulfonamides is 1. The Hall–Kier alpha value is -0.820. The minimum absolute atomic E-state index is 0.471. The minimum Gasteiger partial charge on any atom is -0.357 e. The van der Waals surface area contributed by atoms with Gasteiger partial charge in [0, 0.05) is 32.7 Å². The Balaban J connectivity index is 2.36. The van der Waals surface area contributed by atoms with Gasteiger partial charge in [0.1, 0.15) is 0 Å². The third-order valence-corrected chi connectivity index (χ3v) is 5.45. The second-order valence-corrected chi connectivity index (χ2v) is 8.77. The Morgan fingerprint density at radius 2 is 1.91 bits per heavy atom. The summed E-state index contributed by atoms with van der Waals surface area (Å²) in [5, 5.41) is 6.66. The Morgan fingerprint density at radius 3 is 2.43 bits per heavy atom. The molecule has 0 atom stereocenters. The summed E-state index contributed by atoms with van der Waals surface area (Å²) < 4.78 is 24.6. The van der Waals surface area contributed by atoms with Crippen molar-refractivity contribution in [1.29, 1.82) is 0 Å². The van der Waals surface area contributed by atoms with Crippen molar-refractivity contribution >= 4 is 16.0 Å². The lowest BCUT2D eigenvalue weighted by atomic mass is 9.98.